The van der Waals surface area contributed by atoms with Crippen molar-refractivity contribution in [1.29, 1.82) is 0 Å². The van der Waals surface area contributed by atoms with Crippen molar-refractivity contribution < 1.29 is 33.0 Å². The van der Waals surface area contributed by atoms with Crippen molar-refractivity contribution in [2.45, 2.75) is 38.6 Å². The fourth-order valence-electron chi connectivity index (χ4n) is 5.56. The molecule has 10 nitrogen and oxygen atoms in total. The Hall–Kier alpha value is -4.90. The van der Waals surface area contributed by atoms with Gasteiger partial charge in [0.15, 0.2) is 23.1 Å². The van der Waals surface area contributed by atoms with E-state index in [2.05, 4.69) is 15.3 Å². The Kier molecular flexibility index (Phi) is 8.44. The molecule has 0 radical (unpaired) electrons. The maximum Gasteiger partial charge on any atom is 0.415 e. The lowest BCUT2D eigenvalue weighted by Gasteiger charge is -2.33. The smallest absolute Gasteiger partial charge is 0.415 e. The Morgan fingerprint density at radius 1 is 0.956 bits per heavy atom. The van der Waals surface area contributed by atoms with Crippen LogP contribution >= 0.6 is 0 Å². The lowest BCUT2D eigenvalue weighted by Crippen LogP contribution is -2.53. The zero-order valence-electron chi connectivity index (χ0n) is 25.0. The number of piperazine rings is 1. The highest BCUT2D eigenvalue weighted by Crippen LogP contribution is 2.49. The molecule has 1 amide bonds. The van der Waals surface area contributed by atoms with Crippen molar-refractivity contribution in [3.63, 3.8) is 0 Å². The topological polar surface area (TPSA) is 120 Å². The fourth-order valence-corrected chi connectivity index (χ4v) is 5.56. The molecule has 11 heteroatoms. The molecule has 1 aliphatic heterocycles. The number of ether oxygens (including phenoxy) is 3. The van der Waals surface area contributed by atoms with E-state index in [0.29, 0.717) is 60.4 Å². The molecule has 232 valence electrons. The minimum atomic E-state index is -0.959. The van der Waals surface area contributed by atoms with Crippen LogP contribution in [-0.2, 0) is 22.4 Å². The average Bonchev–Trinajstić information content (AvgIpc) is 3.86. The number of carbonyl (C=O) groups excluding carboxylic acids is 3. The van der Waals surface area contributed by atoms with Crippen LogP contribution in [0.1, 0.15) is 30.9 Å². The number of aromatic nitrogens is 2. The molecule has 2 fully saturated rings. The SMILES string of the molecule is COc1cc2c(Oc3ccc(CC(=O)C4(C(=O)Cc5ccc(F)cc5)CC4)cc3)ncnc2cc1OC(=O)N1CCNC[C@H]1C. The van der Waals surface area contributed by atoms with Crippen LogP contribution in [0.15, 0.2) is 67.0 Å². The first kappa shape index (κ1) is 30.1. The predicted octanol–water partition coefficient (Wildman–Crippen LogP) is 5.07. The Morgan fingerprint density at radius 3 is 2.24 bits per heavy atom. The molecule has 45 heavy (non-hydrogen) atoms. The van der Waals surface area contributed by atoms with Gasteiger partial charge in [0.05, 0.1) is 23.4 Å². The normalized spacial score (nSPS) is 17.0. The van der Waals surface area contributed by atoms with Gasteiger partial charge in [0.25, 0.3) is 0 Å². The van der Waals surface area contributed by atoms with Crippen molar-refractivity contribution in [2.24, 2.45) is 5.41 Å². The van der Waals surface area contributed by atoms with E-state index in [9.17, 15) is 18.8 Å². The molecule has 0 unspecified atom stereocenters. The molecule has 0 spiro atoms. The van der Waals surface area contributed by atoms with Crippen molar-refractivity contribution in [3.05, 3.63) is 83.9 Å². The molecule has 1 aromatic heterocycles. The number of nitrogens with zero attached hydrogens (tertiary/aromatic N) is 3. The number of hydrogen-bond acceptors (Lipinski definition) is 9. The molecule has 1 saturated heterocycles. The van der Waals surface area contributed by atoms with Gasteiger partial charge in [-0.15, -0.1) is 0 Å². The van der Waals surface area contributed by atoms with Gasteiger partial charge in [0, 0.05) is 44.6 Å². The number of carbonyl (C=O) groups is 3. The summed E-state index contributed by atoms with van der Waals surface area (Å²) in [6, 6.07) is 16.1. The standard InChI is InChI=1S/C34H33FN4O6/c1-21-19-36-13-14-39(21)33(42)45-29-18-27-26(17-28(29)43-2)32(38-20-37-27)44-25-9-5-23(6-10-25)16-31(41)34(11-12-34)30(40)15-22-3-7-24(35)8-4-22/h3-10,17-18,20-21,36H,11-16,19H2,1-2H3/t21-/m1/s1. The maximum atomic E-state index is 13.2. The molecule has 1 saturated carbocycles. The summed E-state index contributed by atoms with van der Waals surface area (Å²) in [5.41, 5.74) is 0.990. The van der Waals surface area contributed by atoms with E-state index in [4.69, 9.17) is 14.2 Å². The summed E-state index contributed by atoms with van der Waals surface area (Å²) in [5.74, 6) is 0.734. The molecule has 1 aliphatic carbocycles. The second-order valence-corrected chi connectivity index (χ2v) is 11.5. The van der Waals surface area contributed by atoms with Crippen LogP contribution in [0.25, 0.3) is 10.9 Å². The Bertz CT molecular complexity index is 1740. The van der Waals surface area contributed by atoms with E-state index >= 15 is 0 Å². The number of fused-ring (bicyclic) bond motifs is 1. The van der Waals surface area contributed by atoms with Gasteiger partial charge in [0.2, 0.25) is 5.88 Å². The molecule has 2 aliphatic rings. The van der Waals surface area contributed by atoms with E-state index < -0.39 is 11.5 Å². The quantitative estimate of drug-likeness (QED) is 0.245. The Labute approximate surface area is 259 Å². The molecule has 1 N–H and O–H groups in total. The summed E-state index contributed by atoms with van der Waals surface area (Å²) in [7, 11) is 1.48. The van der Waals surface area contributed by atoms with Crippen LogP contribution in [0.2, 0.25) is 0 Å². The Morgan fingerprint density at radius 2 is 1.62 bits per heavy atom. The summed E-state index contributed by atoms with van der Waals surface area (Å²) in [4.78, 5) is 49.4. The van der Waals surface area contributed by atoms with Crippen molar-refractivity contribution in [1.82, 2.24) is 20.2 Å². The number of hydrogen-bond donors (Lipinski definition) is 1. The number of methoxy groups -OCH3 is 1. The summed E-state index contributed by atoms with van der Waals surface area (Å²) in [6.45, 7) is 3.88. The van der Waals surface area contributed by atoms with Gasteiger partial charge in [-0.2, -0.15) is 0 Å². The fraction of sp³-hybridized carbons (Fsp3) is 0.324. The molecule has 1 atom stereocenters. The van der Waals surface area contributed by atoms with Crippen LogP contribution in [0.5, 0.6) is 23.1 Å². The van der Waals surface area contributed by atoms with E-state index in [1.807, 2.05) is 6.92 Å². The Balaban J connectivity index is 1.13. The van der Waals surface area contributed by atoms with Crippen molar-refractivity contribution in [2.75, 3.05) is 26.7 Å². The summed E-state index contributed by atoms with van der Waals surface area (Å²) < 4.78 is 30.5. The minimum absolute atomic E-state index is 0.00493. The van der Waals surface area contributed by atoms with E-state index in [0.717, 1.165) is 5.56 Å². The highest BCUT2D eigenvalue weighted by molar-refractivity contribution is 6.11. The van der Waals surface area contributed by atoms with Gasteiger partial charge in [-0.05, 0) is 61.2 Å². The highest BCUT2D eigenvalue weighted by Gasteiger charge is 2.54. The van der Waals surface area contributed by atoms with Crippen molar-refractivity contribution in [3.8, 4) is 23.1 Å². The van der Waals surface area contributed by atoms with Crippen LogP contribution in [-0.4, -0.2) is 65.3 Å². The molecule has 4 aromatic rings. The second-order valence-electron chi connectivity index (χ2n) is 11.5. The molecule has 6 rings (SSSR count). The summed E-state index contributed by atoms with van der Waals surface area (Å²) >= 11 is 0. The first-order valence-corrected chi connectivity index (χ1v) is 14.9. The van der Waals surface area contributed by atoms with E-state index in [1.54, 1.807) is 53.4 Å². The molecular formula is C34H33FN4O6. The molecular weight excluding hydrogens is 579 g/mol. The molecule has 2 heterocycles. The number of Topliss-reactive ketones (excluding diaryl/α,β-unsaturated/α-hetero) is 2. The number of rotatable bonds is 10. The van der Waals surface area contributed by atoms with Crippen LogP contribution in [0.4, 0.5) is 9.18 Å². The summed E-state index contributed by atoms with van der Waals surface area (Å²) in [5, 5.41) is 3.80. The maximum absolute atomic E-state index is 13.2. The van der Waals surface area contributed by atoms with Gasteiger partial charge in [-0.25, -0.2) is 19.2 Å². The third kappa shape index (κ3) is 6.48. The lowest BCUT2D eigenvalue weighted by molar-refractivity contribution is -0.133. The first-order chi connectivity index (χ1) is 21.8. The molecule has 0 bridgehead atoms. The van der Waals surface area contributed by atoms with Gasteiger partial charge >= 0.3 is 6.09 Å². The van der Waals surface area contributed by atoms with E-state index in [-0.39, 0.29) is 47.9 Å². The van der Waals surface area contributed by atoms with Gasteiger partial charge < -0.3 is 24.4 Å². The summed E-state index contributed by atoms with van der Waals surface area (Å²) in [6.07, 6.45) is 2.20. The van der Waals surface area contributed by atoms with E-state index in [1.165, 1.54) is 25.6 Å². The lowest BCUT2D eigenvalue weighted by atomic mass is 9.88. The predicted molar refractivity (Wildman–Crippen MR) is 163 cm³/mol. The number of benzene rings is 3. The first-order valence-electron chi connectivity index (χ1n) is 14.9. The van der Waals surface area contributed by atoms with Gasteiger partial charge in [-0.1, -0.05) is 24.3 Å². The van der Waals surface area contributed by atoms with Crippen molar-refractivity contribution >= 4 is 28.6 Å². The van der Waals surface area contributed by atoms with Crippen LogP contribution in [0, 0.1) is 11.2 Å². The largest absolute Gasteiger partial charge is 0.493 e. The number of ketones is 2. The zero-order chi connectivity index (χ0) is 31.6. The number of nitrogens with one attached hydrogen (secondary N) is 1. The monoisotopic (exact) mass is 612 g/mol. The van der Waals surface area contributed by atoms with Gasteiger partial charge in [0.1, 0.15) is 17.9 Å². The number of amides is 1. The highest BCUT2D eigenvalue weighted by atomic mass is 19.1. The molecule has 3 aromatic carbocycles. The zero-order valence-corrected chi connectivity index (χ0v) is 25.0. The number of halogens is 1. The second kappa shape index (κ2) is 12.6. The van der Waals surface area contributed by atoms with Gasteiger partial charge in [-0.3, -0.25) is 9.59 Å². The third-order valence-corrected chi connectivity index (χ3v) is 8.42. The third-order valence-electron chi connectivity index (χ3n) is 8.42. The average molecular weight is 613 g/mol. The van der Waals surface area contributed by atoms with Crippen LogP contribution in [0.3, 0.4) is 0 Å². The minimum Gasteiger partial charge on any atom is -0.493 e. The van der Waals surface area contributed by atoms with Crippen LogP contribution < -0.4 is 19.5 Å².